The smallest absolute Gasteiger partial charge is 0.225 e. The summed E-state index contributed by atoms with van der Waals surface area (Å²) in [5.41, 5.74) is 1.35. The topological polar surface area (TPSA) is 20.3 Å². The van der Waals surface area contributed by atoms with Crippen LogP contribution < -0.4 is 0 Å². The van der Waals surface area contributed by atoms with Gasteiger partial charge in [0, 0.05) is 29.4 Å². The van der Waals surface area contributed by atoms with E-state index in [0.717, 1.165) is 24.0 Å². The number of nitrogens with zero attached hydrogens (tertiary/aromatic N) is 1. The number of carbonyl (C=O) groups is 1. The van der Waals surface area contributed by atoms with Gasteiger partial charge >= 0.3 is 0 Å². The number of carbonyl (C=O) groups excluding carboxylic acids is 1. The quantitative estimate of drug-likeness (QED) is 0.813. The molecule has 2 nitrogen and oxygen atoms in total. The number of benzene rings is 1. The van der Waals surface area contributed by atoms with Crippen LogP contribution in [0.1, 0.15) is 38.2 Å². The van der Waals surface area contributed by atoms with E-state index in [9.17, 15) is 4.79 Å². The number of likely N-dealkylation sites (tertiary alicyclic amines) is 1. The largest absolute Gasteiger partial charge is 0.342 e. The second kappa shape index (κ2) is 5.87. The molecule has 2 rings (SSSR count). The first-order valence-electron chi connectivity index (χ1n) is 6.62. The van der Waals surface area contributed by atoms with Crippen molar-refractivity contribution in [1.29, 1.82) is 0 Å². The molecule has 0 spiro atoms. The predicted molar refractivity (Wildman–Crippen MR) is 77.5 cm³/mol. The first-order chi connectivity index (χ1) is 8.58. The molecule has 98 valence electrons. The number of rotatable bonds is 2. The molecular formula is C15H20BrNO. The Bertz CT molecular complexity index is 413. The molecule has 1 unspecified atom stereocenters. The Balaban J connectivity index is 2.07. The number of piperidine rings is 1. The van der Waals surface area contributed by atoms with Crippen LogP contribution in [0.15, 0.2) is 28.7 Å². The van der Waals surface area contributed by atoms with E-state index >= 15 is 0 Å². The lowest BCUT2D eigenvalue weighted by molar-refractivity contribution is -0.135. The molecule has 1 aromatic carbocycles. The minimum Gasteiger partial charge on any atom is -0.342 e. The van der Waals surface area contributed by atoms with Crippen molar-refractivity contribution in [2.24, 2.45) is 5.92 Å². The number of hydrogen-bond acceptors (Lipinski definition) is 1. The van der Waals surface area contributed by atoms with Crippen molar-refractivity contribution < 1.29 is 4.79 Å². The lowest BCUT2D eigenvalue weighted by Gasteiger charge is -2.34. The van der Waals surface area contributed by atoms with E-state index in [4.69, 9.17) is 0 Å². The van der Waals surface area contributed by atoms with Crippen LogP contribution in [0.3, 0.4) is 0 Å². The Morgan fingerprint density at radius 2 is 2.00 bits per heavy atom. The van der Waals surface area contributed by atoms with Crippen LogP contribution in [0.25, 0.3) is 0 Å². The predicted octanol–water partition coefficient (Wildman–Crippen LogP) is 3.81. The first kappa shape index (κ1) is 13.6. The summed E-state index contributed by atoms with van der Waals surface area (Å²) in [4.78, 5) is 14.1. The first-order valence-corrected chi connectivity index (χ1v) is 7.41. The van der Waals surface area contributed by atoms with E-state index in [-0.39, 0.29) is 11.8 Å². The normalized spacial score (nSPS) is 20.2. The van der Waals surface area contributed by atoms with Crippen molar-refractivity contribution in [3.8, 4) is 0 Å². The monoisotopic (exact) mass is 309 g/mol. The second-order valence-corrected chi connectivity index (χ2v) is 6.25. The minimum atomic E-state index is 0.105. The molecule has 1 fully saturated rings. The summed E-state index contributed by atoms with van der Waals surface area (Å²) >= 11 is 3.46. The molecule has 0 bridgehead atoms. The van der Waals surface area contributed by atoms with Crippen molar-refractivity contribution in [1.82, 2.24) is 4.90 Å². The number of hydrogen-bond donors (Lipinski definition) is 0. The summed E-state index contributed by atoms with van der Waals surface area (Å²) in [5, 5.41) is 0. The molecule has 1 saturated heterocycles. The summed E-state index contributed by atoms with van der Waals surface area (Å²) in [6.45, 7) is 5.75. The van der Waals surface area contributed by atoms with Gasteiger partial charge in [-0.2, -0.15) is 0 Å². The maximum atomic E-state index is 12.0. The van der Waals surface area contributed by atoms with Crippen LogP contribution in [0, 0.1) is 5.92 Å². The molecule has 0 aliphatic carbocycles. The van der Waals surface area contributed by atoms with Crippen molar-refractivity contribution in [3.63, 3.8) is 0 Å². The Labute approximate surface area is 117 Å². The zero-order valence-electron chi connectivity index (χ0n) is 11.0. The summed E-state index contributed by atoms with van der Waals surface area (Å²) in [5.74, 6) is 0.889. The van der Waals surface area contributed by atoms with Crippen molar-refractivity contribution in [3.05, 3.63) is 34.3 Å². The molecule has 18 heavy (non-hydrogen) atoms. The molecule has 0 saturated carbocycles. The highest BCUT2D eigenvalue weighted by atomic mass is 79.9. The molecule has 1 aliphatic heterocycles. The highest BCUT2D eigenvalue weighted by Gasteiger charge is 2.25. The fourth-order valence-corrected chi connectivity index (χ4v) is 2.81. The SMILES string of the molecule is CC(C)C(=O)N1CCCC(c2ccc(Br)cc2)C1. The van der Waals surface area contributed by atoms with Gasteiger partial charge in [0.05, 0.1) is 0 Å². The zero-order valence-corrected chi connectivity index (χ0v) is 12.6. The third kappa shape index (κ3) is 3.14. The van der Waals surface area contributed by atoms with Gasteiger partial charge in [-0.25, -0.2) is 0 Å². The van der Waals surface area contributed by atoms with E-state index in [1.165, 1.54) is 12.0 Å². The third-order valence-corrected chi connectivity index (χ3v) is 4.10. The van der Waals surface area contributed by atoms with E-state index in [2.05, 4.69) is 40.2 Å². The summed E-state index contributed by atoms with van der Waals surface area (Å²) in [7, 11) is 0. The van der Waals surface area contributed by atoms with Gasteiger partial charge in [-0.1, -0.05) is 41.9 Å². The van der Waals surface area contributed by atoms with Crippen LogP contribution >= 0.6 is 15.9 Å². The molecular weight excluding hydrogens is 290 g/mol. The van der Waals surface area contributed by atoms with E-state index in [1.54, 1.807) is 0 Å². The van der Waals surface area contributed by atoms with Crippen molar-refractivity contribution in [2.75, 3.05) is 13.1 Å². The van der Waals surface area contributed by atoms with Gasteiger partial charge in [-0.3, -0.25) is 4.79 Å². The summed E-state index contributed by atoms with van der Waals surface area (Å²) in [6, 6.07) is 8.49. The molecule has 0 radical (unpaired) electrons. The van der Waals surface area contributed by atoms with Gasteiger partial charge in [0.25, 0.3) is 0 Å². The van der Waals surface area contributed by atoms with Crippen molar-refractivity contribution >= 4 is 21.8 Å². The highest BCUT2D eigenvalue weighted by Crippen LogP contribution is 2.28. The van der Waals surface area contributed by atoms with Gasteiger partial charge in [0.1, 0.15) is 0 Å². The number of amides is 1. The average Bonchev–Trinajstić information content (AvgIpc) is 2.38. The molecule has 1 aliphatic rings. The maximum absolute atomic E-state index is 12.0. The Kier molecular flexibility index (Phi) is 4.44. The van der Waals surface area contributed by atoms with Crippen LogP contribution in [0.4, 0.5) is 0 Å². The Morgan fingerprint density at radius 1 is 1.33 bits per heavy atom. The molecule has 1 aromatic rings. The van der Waals surface area contributed by atoms with E-state index < -0.39 is 0 Å². The van der Waals surface area contributed by atoms with Gasteiger partial charge in [0.15, 0.2) is 0 Å². The van der Waals surface area contributed by atoms with Crippen LogP contribution in [0.2, 0.25) is 0 Å². The summed E-state index contributed by atoms with van der Waals surface area (Å²) in [6.07, 6.45) is 2.29. The Morgan fingerprint density at radius 3 is 2.61 bits per heavy atom. The summed E-state index contributed by atoms with van der Waals surface area (Å²) < 4.78 is 1.11. The minimum absolute atomic E-state index is 0.105. The van der Waals surface area contributed by atoms with E-state index in [0.29, 0.717) is 5.92 Å². The van der Waals surface area contributed by atoms with Gasteiger partial charge in [-0.15, -0.1) is 0 Å². The zero-order chi connectivity index (χ0) is 13.1. The molecule has 1 heterocycles. The van der Waals surface area contributed by atoms with Crippen LogP contribution in [-0.4, -0.2) is 23.9 Å². The molecule has 0 N–H and O–H groups in total. The molecule has 3 heteroatoms. The van der Waals surface area contributed by atoms with E-state index in [1.807, 2.05) is 18.7 Å². The lowest BCUT2D eigenvalue weighted by Crippen LogP contribution is -2.41. The van der Waals surface area contributed by atoms with Crippen LogP contribution in [0.5, 0.6) is 0 Å². The standard InChI is InChI=1S/C15H20BrNO/c1-11(2)15(18)17-9-3-4-13(10-17)12-5-7-14(16)8-6-12/h5-8,11,13H,3-4,9-10H2,1-2H3. The molecule has 1 atom stereocenters. The second-order valence-electron chi connectivity index (χ2n) is 5.33. The highest BCUT2D eigenvalue weighted by molar-refractivity contribution is 9.10. The average molecular weight is 310 g/mol. The fraction of sp³-hybridized carbons (Fsp3) is 0.533. The van der Waals surface area contributed by atoms with Gasteiger partial charge < -0.3 is 4.90 Å². The molecule has 0 aromatic heterocycles. The van der Waals surface area contributed by atoms with Gasteiger partial charge in [0.2, 0.25) is 5.91 Å². The van der Waals surface area contributed by atoms with Gasteiger partial charge in [-0.05, 0) is 30.5 Å². The number of halogens is 1. The fourth-order valence-electron chi connectivity index (χ4n) is 2.55. The third-order valence-electron chi connectivity index (χ3n) is 3.57. The van der Waals surface area contributed by atoms with Crippen LogP contribution in [-0.2, 0) is 4.79 Å². The molecule has 1 amide bonds. The lowest BCUT2D eigenvalue weighted by atomic mass is 9.90. The Hall–Kier alpha value is -0.830. The van der Waals surface area contributed by atoms with Crippen molar-refractivity contribution in [2.45, 2.75) is 32.6 Å². The maximum Gasteiger partial charge on any atom is 0.225 e.